The third-order valence-electron chi connectivity index (χ3n) is 3.67. The summed E-state index contributed by atoms with van der Waals surface area (Å²) in [5.74, 6) is -1.09. The molecule has 3 rings (SSSR count). The standard InChI is InChI=1S/C18H16N2O2S/c1-11-7-8-13(9-12(11)2)19-18(22)15(21)10-17-20-14-5-3-4-6-16(14)23-17/h3-9H,10H2,1-2H3,(H,19,22). The molecule has 1 amide bonds. The molecule has 0 saturated carbocycles. The van der Waals surface area contributed by atoms with Crippen LogP contribution >= 0.6 is 11.3 Å². The van der Waals surface area contributed by atoms with E-state index < -0.39 is 11.7 Å². The Labute approximate surface area is 138 Å². The summed E-state index contributed by atoms with van der Waals surface area (Å²) in [5, 5.41) is 3.31. The summed E-state index contributed by atoms with van der Waals surface area (Å²) in [4.78, 5) is 28.5. The van der Waals surface area contributed by atoms with Crippen LogP contribution in [-0.4, -0.2) is 16.7 Å². The number of amides is 1. The predicted octanol–water partition coefficient (Wildman–Crippen LogP) is 3.66. The Kier molecular flexibility index (Phi) is 4.21. The molecular formula is C18H16N2O2S. The summed E-state index contributed by atoms with van der Waals surface area (Å²) in [7, 11) is 0. The van der Waals surface area contributed by atoms with E-state index in [2.05, 4.69) is 10.3 Å². The van der Waals surface area contributed by atoms with Crippen LogP contribution < -0.4 is 5.32 Å². The van der Waals surface area contributed by atoms with E-state index in [0.717, 1.165) is 21.3 Å². The number of rotatable bonds is 4. The van der Waals surface area contributed by atoms with E-state index in [1.807, 2.05) is 50.2 Å². The lowest BCUT2D eigenvalue weighted by Gasteiger charge is -2.06. The highest BCUT2D eigenvalue weighted by Crippen LogP contribution is 2.22. The van der Waals surface area contributed by atoms with Gasteiger partial charge in [0.2, 0.25) is 5.78 Å². The Morgan fingerprint density at radius 2 is 1.87 bits per heavy atom. The van der Waals surface area contributed by atoms with E-state index in [1.54, 1.807) is 6.07 Å². The topological polar surface area (TPSA) is 59.1 Å². The zero-order chi connectivity index (χ0) is 16.4. The average Bonchev–Trinajstić information content (AvgIpc) is 2.93. The highest BCUT2D eigenvalue weighted by atomic mass is 32.1. The minimum absolute atomic E-state index is 0.0238. The molecule has 4 nitrogen and oxygen atoms in total. The molecule has 0 aliphatic carbocycles. The van der Waals surface area contributed by atoms with Gasteiger partial charge in [-0.3, -0.25) is 9.59 Å². The molecule has 5 heteroatoms. The van der Waals surface area contributed by atoms with Gasteiger partial charge in [0.25, 0.3) is 5.91 Å². The second kappa shape index (κ2) is 6.30. The first-order chi connectivity index (χ1) is 11.0. The molecule has 1 N–H and O–H groups in total. The molecule has 0 saturated heterocycles. The number of carbonyl (C=O) groups is 2. The van der Waals surface area contributed by atoms with E-state index in [9.17, 15) is 9.59 Å². The molecule has 0 bridgehead atoms. The summed E-state index contributed by atoms with van der Waals surface area (Å²) in [5.41, 5.74) is 3.70. The summed E-state index contributed by atoms with van der Waals surface area (Å²) in [6, 6.07) is 13.3. The fourth-order valence-electron chi connectivity index (χ4n) is 2.23. The second-order valence-electron chi connectivity index (χ2n) is 5.43. The van der Waals surface area contributed by atoms with Gasteiger partial charge in [-0.2, -0.15) is 0 Å². The number of hydrogen-bond acceptors (Lipinski definition) is 4. The van der Waals surface area contributed by atoms with E-state index in [4.69, 9.17) is 0 Å². The molecule has 0 radical (unpaired) electrons. The maximum atomic E-state index is 12.1. The molecule has 1 heterocycles. The number of benzene rings is 2. The number of nitrogens with zero attached hydrogens (tertiary/aromatic N) is 1. The van der Waals surface area contributed by atoms with Gasteiger partial charge >= 0.3 is 0 Å². The quantitative estimate of drug-likeness (QED) is 0.745. The Balaban J connectivity index is 1.69. The molecular weight excluding hydrogens is 308 g/mol. The maximum absolute atomic E-state index is 12.1. The SMILES string of the molecule is Cc1ccc(NC(=O)C(=O)Cc2nc3ccccc3s2)cc1C. The predicted molar refractivity (Wildman–Crippen MR) is 92.9 cm³/mol. The molecule has 0 aliphatic rings. The first kappa shape index (κ1) is 15.4. The number of ketones is 1. The number of hydrogen-bond donors (Lipinski definition) is 1. The Bertz CT molecular complexity index is 866. The zero-order valence-corrected chi connectivity index (χ0v) is 13.7. The van der Waals surface area contributed by atoms with Crippen LogP contribution in [-0.2, 0) is 16.0 Å². The third kappa shape index (κ3) is 3.46. The van der Waals surface area contributed by atoms with Crippen molar-refractivity contribution >= 4 is 38.9 Å². The Morgan fingerprint density at radius 3 is 2.61 bits per heavy atom. The van der Waals surface area contributed by atoms with Crippen molar-refractivity contribution in [1.29, 1.82) is 0 Å². The number of fused-ring (bicyclic) bond motifs is 1. The summed E-state index contributed by atoms with van der Waals surface area (Å²) in [6.07, 6.45) is 0.0238. The van der Waals surface area contributed by atoms with Gasteiger partial charge in [0, 0.05) is 5.69 Å². The highest BCUT2D eigenvalue weighted by Gasteiger charge is 2.17. The van der Waals surface area contributed by atoms with Crippen LogP contribution in [0.25, 0.3) is 10.2 Å². The van der Waals surface area contributed by atoms with Crippen molar-refractivity contribution in [2.75, 3.05) is 5.32 Å². The van der Waals surface area contributed by atoms with Gasteiger partial charge in [-0.15, -0.1) is 11.3 Å². The lowest BCUT2D eigenvalue weighted by atomic mass is 10.1. The third-order valence-corrected chi connectivity index (χ3v) is 4.70. The Morgan fingerprint density at radius 1 is 1.09 bits per heavy atom. The van der Waals surface area contributed by atoms with E-state index in [0.29, 0.717) is 10.7 Å². The molecule has 0 spiro atoms. The van der Waals surface area contributed by atoms with Crippen molar-refractivity contribution in [1.82, 2.24) is 4.98 Å². The van der Waals surface area contributed by atoms with E-state index in [1.165, 1.54) is 11.3 Å². The van der Waals surface area contributed by atoms with E-state index >= 15 is 0 Å². The fourth-order valence-corrected chi connectivity index (χ4v) is 3.20. The smallest absolute Gasteiger partial charge is 0.292 e. The number of aryl methyl sites for hydroxylation is 2. The molecule has 0 atom stereocenters. The first-order valence-electron chi connectivity index (χ1n) is 7.29. The molecule has 0 unspecified atom stereocenters. The largest absolute Gasteiger partial charge is 0.319 e. The summed E-state index contributed by atoms with van der Waals surface area (Å²) in [6.45, 7) is 3.97. The number of carbonyl (C=O) groups excluding carboxylic acids is 2. The molecule has 23 heavy (non-hydrogen) atoms. The monoisotopic (exact) mass is 324 g/mol. The highest BCUT2D eigenvalue weighted by molar-refractivity contribution is 7.18. The zero-order valence-electron chi connectivity index (χ0n) is 12.9. The van der Waals surface area contributed by atoms with Crippen molar-refractivity contribution < 1.29 is 9.59 Å². The fraction of sp³-hybridized carbons (Fsp3) is 0.167. The minimum atomic E-state index is -0.604. The van der Waals surface area contributed by atoms with Crippen molar-refractivity contribution in [2.45, 2.75) is 20.3 Å². The van der Waals surface area contributed by atoms with Crippen molar-refractivity contribution in [3.8, 4) is 0 Å². The van der Waals surface area contributed by atoms with Gasteiger partial charge in [-0.25, -0.2) is 4.98 Å². The lowest BCUT2D eigenvalue weighted by Crippen LogP contribution is -2.24. The van der Waals surface area contributed by atoms with Crippen LogP contribution in [0.1, 0.15) is 16.1 Å². The summed E-state index contributed by atoms with van der Waals surface area (Å²) < 4.78 is 1.02. The van der Waals surface area contributed by atoms with Crippen LogP contribution in [0.3, 0.4) is 0 Å². The summed E-state index contributed by atoms with van der Waals surface area (Å²) >= 11 is 1.44. The molecule has 1 aromatic heterocycles. The van der Waals surface area contributed by atoms with Crippen molar-refractivity contribution in [3.63, 3.8) is 0 Å². The van der Waals surface area contributed by atoms with Crippen LogP contribution in [0.2, 0.25) is 0 Å². The van der Waals surface area contributed by atoms with E-state index in [-0.39, 0.29) is 6.42 Å². The maximum Gasteiger partial charge on any atom is 0.292 e. The van der Waals surface area contributed by atoms with Gasteiger partial charge < -0.3 is 5.32 Å². The second-order valence-corrected chi connectivity index (χ2v) is 6.54. The molecule has 0 aliphatic heterocycles. The van der Waals surface area contributed by atoms with Crippen LogP contribution in [0, 0.1) is 13.8 Å². The number of Topliss-reactive ketones (excluding diaryl/α,β-unsaturated/α-hetero) is 1. The van der Waals surface area contributed by atoms with Gasteiger partial charge in [-0.1, -0.05) is 18.2 Å². The number of anilines is 1. The number of nitrogens with one attached hydrogen (secondary N) is 1. The van der Waals surface area contributed by atoms with Gasteiger partial charge in [0.1, 0.15) is 5.01 Å². The van der Waals surface area contributed by atoms with Gasteiger partial charge in [-0.05, 0) is 49.2 Å². The first-order valence-corrected chi connectivity index (χ1v) is 8.10. The van der Waals surface area contributed by atoms with Gasteiger partial charge in [0.15, 0.2) is 0 Å². The van der Waals surface area contributed by atoms with Crippen LogP contribution in [0.4, 0.5) is 5.69 Å². The molecule has 2 aromatic carbocycles. The van der Waals surface area contributed by atoms with Crippen molar-refractivity contribution in [3.05, 3.63) is 58.6 Å². The minimum Gasteiger partial charge on any atom is -0.319 e. The molecule has 3 aromatic rings. The number of aromatic nitrogens is 1. The van der Waals surface area contributed by atoms with Crippen LogP contribution in [0.5, 0.6) is 0 Å². The van der Waals surface area contributed by atoms with Crippen molar-refractivity contribution in [2.24, 2.45) is 0 Å². The average molecular weight is 324 g/mol. The number of para-hydroxylation sites is 1. The lowest BCUT2D eigenvalue weighted by molar-refractivity contribution is -0.134. The Hall–Kier alpha value is -2.53. The van der Waals surface area contributed by atoms with Gasteiger partial charge in [0.05, 0.1) is 16.6 Å². The molecule has 0 fully saturated rings. The van der Waals surface area contributed by atoms with Crippen LogP contribution in [0.15, 0.2) is 42.5 Å². The number of thiazole rings is 1. The normalized spacial score (nSPS) is 10.7. The molecule has 116 valence electrons.